The van der Waals surface area contributed by atoms with Gasteiger partial charge in [0.15, 0.2) is 18.1 Å². The van der Waals surface area contributed by atoms with Gasteiger partial charge in [0.2, 0.25) is 5.91 Å². The van der Waals surface area contributed by atoms with E-state index in [9.17, 15) is 14.4 Å². The van der Waals surface area contributed by atoms with E-state index in [0.29, 0.717) is 18.1 Å². The third-order valence-corrected chi connectivity index (χ3v) is 5.09. The number of ether oxygens (including phenoxy) is 2. The first-order valence-corrected chi connectivity index (χ1v) is 11.2. The molecule has 9 heteroatoms. The summed E-state index contributed by atoms with van der Waals surface area (Å²) < 4.78 is 11.0. The molecule has 3 rings (SSSR count). The summed E-state index contributed by atoms with van der Waals surface area (Å²) in [6.07, 6.45) is 2.07. The van der Waals surface area contributed by atoms with Crippen molar-refractivity contribution in [2.45, 2.75) is 33.2 Å². The predicted molar refractivity (Wildman–Crippen MR) is 128 cm³/mol. The average Bonchev–Trinajstić information content (AvgIpc) is 3.24. The molecule has 0 spiro atoms. The standard InChI is InChI=1S/C25H30N4O5/c1-4-33-21-11-7-8-12-22(21)34-15-23(30)28-29-25(32)20(27-24(31)16(2)3)13-17-14-26-19-10-6-5-9-18(17)19/h5-12,14,16,20,26H,4,13,15H2,1-3H3,(H,27,31)(H,28,30)(H,29,32). The highest BCUT2D eigenvalue weighted by Crippen LogP contribution is 2.26. The maximum atomic E-state index is 12.9. The fraction of sp³-hybridized carbons (Fsp3) is 0.320. The highest BCUT2D eigenvalue weighted by atomic mass is 16.5. The van der Waals surface area contributed by atoms with Gasteiger partial charge < -0.3 is 19.8 Å². The van der Waals surface area contributed by atoms with Crippen LogP contribution in [0.5, 0.6) is 11.5 Å². The van der Waals surface area contributed by atoms with E-state index in [1.165, 1.54) is 0 Å². The Bertz CT molecular complexity index is 1140. The van der Waals surface area contributed by atoms with Gasteiger partial charge in [0.25, 0.3) is 11.8 Å². The molecule has 1 aromatic heterocycles. The molecule has 1 unspecified atom stereocenters. The van der Waals surface area contributed by atoms with Crippen LogP contribution < -0.4 is 25.6 Å². The molecule has 0 radical (unpaired) electrons. The molecule has 3 amide bonds. The van der Waals surface area contributed by atoms with E-state index in [4.69, 9.17) is 9.47 Å². The highest BCUT2D eigenvalue weighted by Gasteiger charge is 2.24. The second kappa shape index (κ2) is 11.7. The maximum Gasteiger partial charge on any atom is 0.276 e. The molecule has 1 atom stereocenters. The molecule has 4 N–H and O–H groups in total. The Morgan fingerprint density at radius 2 is 1.59 bits per heavy atom. The number of para-hydroxylation sites is 3. The first-order valence-electron chi connectivity index (χ1n) is 11.2. The molecule has 3 aromatic rings. The zero-order chi connectivity index (χ0) is 24.5. The van der Waals surface area contributed by atoms with Crippen molar-refractivity contribution in [2.75, 3.05) is 13.2 Å². The summed E-state index contributed by atoms with van der Waals surface area (Å²) in [4.78, 5) is 40.6. The van der Waals surface area contributed by atoms with Crippen LogP contribution in [0.2, 0.25) is 0 Å². The minimum absolute atomic E-state index is 0.252. The number of hydrogen-bond acceptors (Lipinski definition) is 5. The zero-order valence-corrected chi connectivity index (χ0v) is 19.5. The van der Waals surface area contributed by atoms with Crippen LogP contribution in [0.1, 0.15) is 26.3 Å². The number of amides is 3. The SMILES string of the molecule is CCOc1ccccc1OCC(=O)NNC(=O)C(Cc1c[nH]c2ccccc12)NC(=O)C(C)C. The number of aromatic amines is 1. The summed E-state index contributed by atoms with van der Waals surface area (Å²) in [6.45, 7) is 5.48. The normalized spacial score (nSPS) is 11.6. The number of carbonyl (C=O) groups excluding carboxylic acids is 3. The zero-order valence-electron chi connectivity index (χ0n) is 19.5. The van der Waals surface area contributed by atoms with Gasteiger partial charge in [-0.2, -0.15) is 0 Å². The molecular weight excluding hydrogens is 436 g/mol. The molecule has 0 saturated heterocycles. The number of H-pyrrole nitrogens is 1. The van der Waals surface area contributed by atoms with Crippen LogP contribution in [0.25, 0.3) is 10.9 Å². The highest BCUT2D eigenvalue weighted by molar-refractivity contribution is 5.91. The molecule has 1 heterocycles. The van der Waals surface area contributed by atoms with E-state index >= 15 is 0 Å². The second-order valence-electron chi connectivity index (χ2n) is 7.99. The molecule has 0 aliphatic carbocycles. The van der Waals surface area contributed by atoms with Crippen LogP contribution in [0, 0.1) is 5.92 Å². The van der Waals surface area contributed by atoms with E-state index in [0.717, 1.165) is 16.5 Å². The Hall–Kier alpha value is -4.01. The van der Waals surface area contributed by atoms with Crippen molar-refractivity contribution < 1.29 is 23.9 Å². The summed E-state index contributed by atoms with van der Waals surface area (Å²) in [6, 6.07) is 13.8. The van der Waals surface area contributed by atoms with Crippen molar-refractivity contribution in [1.29, 1.82) is 0 Å². The van der Waals surface area contributed by atoms with Gasteiger partial charge in [0.1, 0.15) is 6.04 Å². The van der Waals surface area contributed by atoms with Gasteiger partial charge in [0, 0.05) is 29.4 Å². The molecule has 2 aromatic carbocycles. The molecule has 0 bridgehead atoms. The fourth-order valence-electron chi connectivity index (χ4n) is 3.31. The summed E-state index contributed by atoms with van der Waals surface area (Å²) in [7, 11) is 0. The second-order valence-corrected chi connectivity index (χ2v) is 7.99. The Morgan fingerprint density at radius 3 is 2.29 bits per heavy atom. The van der Waals surface area contributed by atoms with Gasteiger partial charge in [0.05, 0.1) is 6.61 Å². The van der Waals surface area contributed by atoms with E-state index in [-0.39, 0.29) is 24.9 Å². The van der Waals surface area contributed by atoms with Gasteiger partial charge >= 0.3 is 0 Å². The Labute approximate surface area is 198 Å². The van der Waals surface area contributed by atoms with Crippen LogP contribution in [-0.4, -0.2) is 42.0 Å². The third-order valence-electron chi connectivity index (χ3n) is 5.09. The van der Waals surface area contributed by atoms with Crippen LogP contribution in [0.15, 0.2) is 54.7 Å². The number of carbonyl (C=O) groups is 3. The van der Waals surface area contributed by atoms with Gasteiger partial charge in [-0.05, 0) is 30.7 Å². The van der Waals surface area contributed by atoms with E-state index in [1.807, 2.05) is 37.4 Å². The van der Waals surface area contributed by atoms with Gasteiger partial charge in [-0.15, -0.1) is 0 Å². The van der Waals surface area contributed by atoms with Crippen molar-refractivity contribution in [3.05, 3.63) is 60.3 Å². The van der Waals surface area contributed by atoms with Gasteiger partial charge in [-0.1, -0.05) is 44.2 Å². The smallest absolute Gasteiger partial charge is 0.276 e. The van der Waals surface area contributed by atoms with Gasteiger partial charge in [-0.3, -0.25) is 25.2 Å². The molecular formula is C25H30N4O5. The fourth-order valence-corrected chi connectivity index (χ4v) is 3.31. The van der Waals surface area contributed by atoms with E-state index in [2.05, 4.69) is 21.2 Å². The number of nitrogens with one attached hydrogen (secondary N) is 4. The largest absolute Gasteiger partial charge is 0.490 e. The van der Waals surface area contributed by atoms with Crippen molar-refractivity contribution in [3.63, 3.8) is 0 Å². The molecule has 0 saturated carbocycles. The average molecular weight is 467 g/mol. The van der Waals surface area contributed by atoms with Crippen LogP contribution in [-0.2, 0) is 20.8 Å². The minimum Gasteiger partial charge on any atom is -0.490 e. The number of hydrazine groups is 1. The molecule has 180 valence electrons. The number of rotatable bonds is 10. The lowest BCUT2D eigenvalue weighted by molar-refractivity contribution is -0.133. The number of hydrogen-bond donors (Lipinski definition) is 4. The van der Waals surface area contributed by atoms with Crippen LogP contribution in [0.3, 0.4) is 0 Å². The third kappa shape index (κ3) is 6.50. The number of aromatic nitrogens is 1. The Balaban J connectivity index is 1.61. The molecule has 9 nitrogen and oxygen atoms in total. The van der Waals surface area contributed by atoms with E-state index in [1.54, 1.807) is 38.1 Å². The monoisotopic (exact) mass is 466 g/mol. The topological polar surface area (TPSA) is 122 Å². The maximum absolute atomic E-state index is 12.9. The molecule has 34 heavy (non-hydrogen) atoms. The van der Waals surface area contributed by atoms with Crippen molar-refractivity contribution in [1.82, 2.24) is 21.2 Å². The summed E-state index contributed by atoms with van der Waals surface area (Å²) >= 11 is 0. The van der Waals surface area contributed by atoms with Crippen molar-refractivity contribution in [2.24, 2.45) is 5.92 Å². The summed E-state index contributed by atoms with van der Waals surface area (Å²) in [5, 5.41) is 3.72. The predicted octanol–water partition coefficient (Wildman–Crippen LogP) is 2.48. The summed E-state index contributed by atoms with van der Waals surface area (Å²) in [5.41, 5.74) is 6.54. The summed E-state index contributed by atoms with van der Waals surface area (Å²) in [5.74, 6) is -0.707. The lowest BCUT2D eigenvalue weighted by Crippen LogP contribution is -2.54. The van der Waals surface area contributed by atoms with E-state index < -0.39 is 17.9 Å². The Kier molecular flexibility index (Phi) is 8.50. The molecule has 0 fully saturated rings. The molecule has 0 aliphatic rings. The van der Waals surface area contributed by atoms with Crippen molar-refractivity contribution >= 4 is 28.6 Å². The quantitative estimate of drug-likeness (QED) is 0.342. The molecule has 0 aliphatic heterocycles. The van der Waals surface area contributed by atoms with Crippen molar-refractivity contribution in [3.8, 4) is 11.5 Å². The lowest BCUT2D eigenvalue weighted by Gasteiger charge is -2.20. The first-order chi connectivity index (χ1) is 16.4. The minimum atomic E-state index is -0.881. The lowest BCUT2D eigenvalue weighted by atomic mass is 10.0. The van der Waals surface area contributed by atoms with Crippen LogP contribution >= 0.6 is 0 Å². The first kappa shape index (κ1) is 24.6. The van der Waals surface area contributed by atoms with Gasteiger partial charge in [-0.25, -0.2) is 0 Å². The number of fused-ring (bicyclic) bond motifs is 1. The van der Waals surface area contributed by atoms with Crippen LogP contribution in [0.4, 0.5) is 0 Å². The number of benzene rings is 2. The Morgan fingerprint density at radius 1 is 0.912 bits per heavy atom.